The summed E-state index contributed by atoms with van der Waals surface area (Å²) in [5, 5.41) is 0.576. The lowest BCUT2D eigenvalue weighted by molar-refractivity contribution is 0.656. The zero-order chi connectivity index (χ0) is 8.97. The number of hydrogen-bond acceptors (Lipinski definition) is 3. The number of terminal acetylenes is 1. The van der Waals surface area contributed by atoms with Gasteiger partial charge in [-0.3, -0.25) is 10.8 Å². The number of hydrogen-bond donors (Lipinski definition) is 2. The number of pyridine rings is 1. The minimum Gasteiger partial charge on any atom is -0.270 e. The molecule has 1 aromatic rings. The van der Waals surface area contributed by atoms with Crippen molar-refractivity contribution in [3.8, 4) is 12.3 Å². The van der Waals surface area contributed by atoms with Crippen LogP contribution in [0.3, 0.4) is 0 Å². The average Bonchev–Trinajstić information content (AvgIpc) is 2.10. The van der Waals surface area contributed by atoms with Gasteiger partial charge in [0.15, 0.2) is 0 Å². The molecule has 0 saturated heterocycles. The lowest BCUT2D eigenvalue weighted by Gasteiger charge is -2.07. The van der Waals surface area contributed by atoms with Crippen LogP contribution in [0, 0.1) is 12.3 Å². The fraction of sp³-hybridized carbons (Fsp3) is 0.125. The van der Waals surface area contributed by atoms with Crippen LogP contribution in [-0.4, -0.2) is 4.98 Å². The van der Waals surface area contributed by atoms with Gasteiger partial charge in [-0.15, -0.1) is 6.42 Å². The lowest BCUT2D eigenvalue weighted by Crippen LogP contribution is -2.27. The van der Waals surface area contributed by atoms with Crippen molar-refractivity contribution in [3.63, 3.8) is 0 Å². The minimum atomic E-state index is -0.359. The van der Waals surface area contributed by atoms with E-state index in [-0.39, 0.29) is 6.04 Å². The van der Waals surface area contributed by atoms with Crippen molar-refractivity contribution in [2.24, 2.45) is 5.84 Å². The van der Waals surface area contributed by atoms with Crippen LogP contribution in [0.4, 0.5) is 0 Å². The largest absolute Gasteiger partial charge is 0.270 e. The zero-order valence-corrected chi connectivity index (χ0v) is 7.05. The molecule has 3 nitrogen and oxygen atoms in total. The zero-order valence-electron chi connectivity index (χ0n) is 6.29. The molecule has 1 heterocycles. The molecule has 0 aliphatic heterocycles. The maximum atomic E-state index is 5.64. The molecule has 1 atom stereocenters. The fourth-order valence-electron chi connectivity index (χ4n) is 0.777. The van der Waals surface area contributed by atoms with E-state index < -0.39 is 0 Å². The van der Waals surface area contributed by atoms with E-state index in [9.17, 15) is 0 Å². The summed E-state index contributed by atoms with van der Waals surface area (Å²) < 4.78 is 0. The Balaban J connectivity index is 2.89. The minimum absolute atomic E-state index is 0.359. The quantitative estimate of drug-likeness (QED) is 0.405. The number of halogens is 1. The molecule has 1 rings (SSSR count). The molecule has 1 unspecified atom stereocenters. The number of hydrazine groups is 1. The Morgan fingerprint density at radius 2 is 2.42 bits per heavy atom. The number of aromatic nitrogens is 1. The van der Waals surface area contributed by atoms with Crippen LogP contribution in [0.25, 0.3) is 0 Å². The second-order valence-electron chi connectivity index (χ2n) is 2.17. The van der Waals surface area contributed by atoms with Gasteiger partial charge in [0, 0.05) is 6.20 Å². The standard InChI is InChI=1S/C8H8ClN3/c1-2-7(12-10)8-4-3-6(9)5-11-8/h1,3-5,7,12H,10H2. The highest BCUT2D eigenvalue weighted by molar-refractivity contribution is 6.30. The third-order valence-corrected chi connectivity index (χ3v) is 1.60. The van der Waals surface area contributed by atoms with Gasteiger partial charge < -0.3 is 0 Å². The third kappa shape index (κ3) is 1.95. The predicted octanol–water partition coefficient (Wildman–Crippen LogP) is 0.873. The number of nitrogens with one attached hydrogen (secondary N) is 1. The van der Waals surface area contributed by atoms with Crippen LogP contribution in [0.2, 0.25) is 5.02 Å². The molecule has 0 radical (unpaired) electrons. The van der Waals surface area contributed by atoms with Crippen molar-refractivity contribution in [2.75, 3.05) is 0 Å². The Labute approximate surface area is 75.9 Å². The van der Waals surface area contributed by atoms with Crippen LogP contribution < -0.4 is 11.3 Å². The van der Waals surface area contributed by atoms with Gasteiger partial charge in [0.25, 0.3) is 0 Å². The Kier molecular flexibility index (Phi) is 3.06. The molecule has 0 amide bonds. The Morgan fingerprint density at radius 1 is 1.67 bits per heavy atom. The molecule has 0 bridgehead atoms. The van der Waals surface area contributed by atoms with Gasteiger partial charge in [-0.2, -0.15) is 0 Å². The van der Waals surface area contributed by atoms with E-state index in [0.717, 1.165) is 0 Å². The molecule has 4 heteroatoms. The van der Waals surface area contributed by atoms with Crippen LogP contribution in [0.5, 0.6) is 0 Å². The smallest absolute Gasteiger partial charge is 0.123 e. The van der Waals surface area contributed by atoms with E-state index in [1.165, 1.54) is 6.20 Å². The van der Waals surface area contributed by atoms with Crippen LogP contribution in [-0.2, 0) is 0 Å². The van der Waals surface area contributed by atoms with E-state index in [2.05, 4.69) is 16.3 Å². The molecule has 3 N–H and O–H groups in total. The third-order valence-electron chi connectivity index (χ3n) is 1.38. The highest BCUT2D eigenvalue weighted by atomic mass is 35.5. The van der Waals surface area contributed by atoms with Crippen molar-refractivity contribution in [3.05, 3.63) is 29.0 Å². The normalized spacial score (nSPS) is 12.1. The van der Waals surface area contributed by atoms with Gasteiger partial charge in [0.05, 0.1) is 10.7 Å². The van der Waals surface area contributed by atoms with E-state index >= 15 is 0 Å². The molecule has 0 aromatic carbocycles. The van der Waals surface area contributed by atoms with E-state index in [1.54, 1.807) is 12.1 Å². The summed E-state index contributed by atoms with van der Waals surface area (Å²) in [7, 11) is 0. The summed E-state index contributed by atoms with van der Waals surface area (Å²) in [5.74, 6) is 7.63. The van der Waals surface area contributed by atoms with Crippen molar-refractivity contribution in [1.29, 1.82) is 0 Å². The monoisotopic (exact) mass is 181 g/mol. The van der Waals surface area contributed by atoms with E-state index in [4.69, 9.17) is 23.9 Å². The summed E-state index contributed by atoms with van der Waals surface area (Å²) >= 11 is 5.64. The second kappa shape index (κ2) is 4.07. The molecule has 62 valence electrons. The maximum absolute atomic E-state index is 5.64. The Bertz CT molecular complexity index is 288. The Morgan fingerprint density at radius 3 is 2.83 bits per heavy atom. The van der Waals surface area contributed by atoms with E-state index in [0.29, 0.717) is 10.7 Å². The van der Waals surface area contributed by atoms with Crippen LogP contribution in [0.15, 0.2) is 18.3 Å². The average molecular weight is 182 g/mol. The molecule has 0 aliphatic rings. The van der Waals surface area contributed by atoms with Gasteiger partial charge in [0.1, 0.15) is 6.04 Å². The predicted molar refractivity (Wildman–Crippen MR) is 48.1 cm³/mol. The Hall–Kier alpha value is -1.08. The SMILES string of the molecule is C#CC(NN)c1ccc(Cl)cn1. The van der Waals surface area contributed by atoms with Crippen molar-refractivity contribution in [2.45, 2.75) is 6.04 Å². The topological polar surface area (TPSA) is 50.9 Å². The fourth-order valence-corrected chi connectivity index (χ4v) is 0.889. The molecule has 0 fully saturated rings. The first-order valence-electron chi connectivity index (χ1n) is 3.31. The van der Waals surface area contributed by atoms with Gasteiger partial charge in [0.2, 0.25) is 0 Å². The number of nitrogens with zero attached hydrogens (tertiary/aromatic N) is 1. The molecule has 0 aliphatic carbocycles. The van der Waals surface area contributed by atoms with Gasteiger partial charge in [-0.05, 0) is 12.1 Å². The van der Waals surface area contributed by atoms with Crippen molar-refractivity contribution >= 4 is 11.6 Å². The maximum Gasteiger partial charge on any atom is 0.123 e. The number of rotatable bonds is 2. The molecular weight excluding hydrogens is 174 g/mol. The van der Waals surface area contributed by atoms with Crippen LogP contribution in [0.1, 0.15) is 11.7 Å². The second-order valence-corrected chi connectivity index (χ2v) is 2.60. The molecular formula is C8H8ClN3. The molecule has 0 saturated carbocycles. The van der Waals surface area contributed by atoms with Crippen LogP contribution >= 0.6 is 11.6 Å². The molecule has 0 spiro atoms. The highest BCUT2D eigenvalue weighted by Crippen LogP contribution is 2.11. The summed E-state index contributed by atoms with van der Waals surface area (Å²) in [6.45, 7) is 0. The summed E-state index contributed by atoms with van der Waals surface area (Å²) in [5.41, 5.74) is 3.13. The first-order chi connectivity index (χ1) is 5.77. The molecule has 1 aromatic heterocycles. The first-order valence-corrected chi connectivity index (χ1v) is 3.69. The van der Waals surface area contributed by atoms with E-state index in [1.807, 2.05) is 0 Å². The van der Waals surface area contributed by atoms with Crippen molar-refractivity contribution in [1.82, 2.24) is 10.4 Å². The summed E-state index contributed by atoms with van der Waals surface area (Å²) in [6, 6.07) is 3.08. The van der Waals surface area contributed by atoms with Gasteiger partial charge in [-0.25, -0.2) is 5.43 Å². The number of nitrogens with two attached hydrogens (primary N) is 1. The lowest BCUT2D eigenvalue weighted by atomic mass is 10.2. The molecule has 12 heavy (non-hydrogen) atoms. The van der Waals surface area contributed by atoms with Crippen molar-refractivity contribution < 1.29 is 0 Å². The summed E-state index contributed by atoms with van der Waals surface area (Å²) in [4.78, 5) is 4.00. The summed E-state index contributed by atoms with van der Waals surface area (Å²) in [6.07, 6.45) is 6.71. The van der Waals surface area contributed by atoms with Gasteiger partial charge >= 0.3 is 0 Å². The highest BCUT2D eigenvalue weighted by Gasteiger charge is 2.05. The van der Waals surface area contributed by atoms with Gasteiger partial charge in [-0.1, -0.05) is 17.5 Å². The first kappa shape index (κ1) is 9.01.